The van der Waals surface area contributed by atoms with E-state index in [-0.39, 0.29) is 5.62 Å². The van der Waals surface area contributed by atoms with Crippen molar-refractivity contribution in [2.75, 3.05) is 14.1 Å². The van der Waals surface area contributed by atoms with Crippen LogP contribution in [0.4, 0.5) is 0 Å². The molecule has 9 heavy (non-hydrogen) atoms. The summed E-state index contributed by atoms with van der Waals surface area (Å²) in [4.78, 5) is 11.6. The zero-order valence-corrected chi connectivity index (χ0v) is 5.97. The second-order valence-corrected chi connectivity index (χ2v) is 3.09. The standard InChI is InChI=1S/C3H8N2O3S/c1-5(2)4-9(7,8)3-6/h3-4H,1-2H3. The van der Waals surface area contributed by atoms with Gasteiger partial charge in [0.2, 0.25) is 5.62 Å². The number of hydrogen-bond acceptors (Lipinski definition) is 4. The molecule has 0 aromatic carbocycles. The molecule has 0 aliphatic carbocycles. The summed E-state index contributed by atoms with van der Waals surface area (Å²) in [5, 5.41) is 1.17. The molecule has 0 aromatic rings. The summed E-state index contributed by atoms with van der Waals surface area (Å²) in [5.41, 5.74) is -0.146. The summed E-state index contributed by atoms with van der Waals surface area (Å²) in [6.45, 7) is 0. The zero-order chi connectivity index (χ0) is 7.49. The van der Waals surface area contributed by atoms with Crippen LogP contribution < -0.4 is 4.83 Å². The molecule has 0 bridgehead atoms. The molecule has 0 aliphatic heterocycles. The van der Waals surface area contributed by atoms with Crippen LogP contribution >= 0.6 is 0 Å². The predicted molar refractivity (Wildman–Crippen MR) is 32.5 cm³/mol. The number of nitrogens with one attached hydrogen (secondary N) is 1. The first kappa shape index (κ1) is 8.54. The minimum atomic E-state index is -3.72. The highest BCUT2D eigenvalue weighted by atomic mass is 32.2. The van der Waals surface area contributed by atoms with E-state index in [2.05, 4.69) is 0 Å². The fourth-order valence-corrected chi connectivity index (χ4v) is 0.828. The lowest BCUT2D eigenvalue weighted by atomic mass is 11.2. The number of carbonyl (C=O) groups excluding carboxylic acids is 1. The molecule has 54 valence electrons. The van der Waals surface area contributed by atoms with Gasteiger partial charge in [-0.3, -0.25) is 4.79 Å². The monoisotopic (exact) mass is 152 g/mol. The van der Waals surface area contributed by atoms with E-state index in [0.29, 0.717) is 0 Å². The Morgan fingerprint density at radius 1 is 1.44 bits per heavy atom. The number of carbonyl (C=O) groups is 1. The first-order valence-electron chi connectivity index (χ1n) is 2.13. The molecular formula is C3H8N2O3S. The van der Waals surface area contributed by atoms with Crippen molar-refractivity contribution < 1.29 is 13.2 Å². The SMILES string of the molecule is CN(C)NS(=O)(=O)C=O. The van der Waals surface area contributed by atoms with Crippen LogP contribution in [0.3, 0.4) is 0 Å². The van der Waals surface area contributed by atoms with Crippen molar-refractivity contribution in [3.8, 4) is 0 Å². The van der Waals surface area contributed by atoms with Crippen LogP contribution in [0.5, 0.6) is 0 Å². The van der Waals surface area contributed by atoms with Gasteiger partial charge in [0.15, 0.2) is 0 Å². The van der Waals surface area contributed by atoms with E-state index in [0.717, 1.165) is 0 Å². The molecule has 0 heterocycles. The van der Waals surface area contributed by atoms with Crippen LogP contribution in [-0.4, -0.2) is 33.1 Å². The fraction of sp³-hybridized carbons (Fsp3) is 0.667. The third kappa shape index (κ3) is 4.07. The van der Waals surface area contributed by atoms with Gasteiger partial charge in [-0.05, 0) is 0 Å². The average Bonchev–Trinajstić information content (AvgIpc) is 1.63. The zero-order valence-electron chi connectivity index (χ0n) is 5.16. The highest BCUT2D eigenvalue weighted by Crippen LogP contribution is 1.74. The Morgan fingerprint density at radius 2 is 1.89 bits per heavy atom. The van der Waals surface area contributed by atoms with Crippen molar-refractivity contribution in [3.05, 3.63) is 0 Å². The average molecular weight is 152 g/mol. The molecule has 0 spiro atoms. The van der Waals surface area contributed by atoms with E-state index in [1.165, 1.54) is 19.1 Å². The molecule has 6 heteroatoms. The van der Waals surface area contributed by atoms with E-state index < -0.39 is 10.0 Å². The maximum Gasteiger partial charge on any atom is 0.284 e. The second kappa shape index (κ2) is 2.90. The van der Waals surface area contributed by atoms with E-state index >= 15 is 0 Å². The first-order chi connectivity index (χ1) is 3.98. The summed E-state index contributed by atoms with van der Waals surface area (Å²) in [6.07, 6.45) is 0. The predicted octanol–water partition coefficient (Wildman–Crippen LogP) is -1.43. The summed E-state index contributed by atoms with van der Waals surface area (Å²) in [5.74, 6) is 0. The van der Waals surface area contributed by atoms with Crippen molar-refractivity contribution in [1.29, 1.82) is 0 Å². The van der Waals surface area contributed by atoms with Crippen molar-refractivity contribution in [3.63, 3.8) is 0 Å². The number of nitrogens with zero attached hydrogens (tertiary/aromatic N) is 1. The topological polar surface area (TPSA) is 66.5 Å². The van der Waals surface area contributed by atoms with Crippen LogP contribution in [0.25, 0.3) is 0 Å². The molecular weight excluding hydrogens is 144 g/mol. The lowest BCUT2D eigenvalue weighted by Gasteiger charge is -2.06. The molecule has 0 fully saturated rings. The summed E-state index contributed by atoms with van der Waals surface area (Å²) in [7, 11) is -0.777. The number of rotatable bonds is 3. The largest absolute Gasteiger partial charge is 0.284 e. The number of sulfonamides is 1. The minimum Gasteiger partial charge on any atom is -0.284 e. The summed E-state index contributed by atoms with van der Waals surface area (Å²) >= 11 is 0. The molecule has 0 unspecified atom stereocenters. The highest BCUT2D eigenvalue weighted by Gasteiger charge is 2.06. The van der Waals surface area contributed by atoms with Crippen LogP contribution in [0.2, 0.25) is 0 Å². The molecule has 0 aliphatic rings. The van der Waals surface area contributed by atoms with Crippen LogP contribution in [0.1, 0.15) is 0 Å². The van der Waals surface area contributed by atoms with Crippen LogP contribution in [-0.2, 0) is 14.8 Å². The maximum absolute atomic E-state index is 10.3. The quantitative estimate of drug-likeness (QED) is 0.398. The van der Waals surface area contributed by atoms with Gasteiger partial charge in [-0.1, -0.05) is 0 Å². The van der Waals surface area contributed by atoms with Gasteiger partial charge in [0, 0.05) is 14.1 Å². The van der Waals surface area contributed by atoms with E-state index in [1.54, 1.807) is 0 Å². The Morgan fingerprint density at radius 3 is 2.00 bits per heavy atom. The van der Waals surface area contributed by atoms with Gasteiger partial charge in [0.05, 0.1) is 0 Å². The Kier molecular flexibility index (Phi) is 2.75. The molecule has 1 N–H and O–H groups in total. The Bertz CT molecular complexity index is 183. The summed E-state index contributed by atoms with van der Waals surface area (Å²) in [6, 6.07) is 0. The van der Waals surface area contributed by atoms with E-state index in [9.17, 15) is 13.2 Å². The van der Waals surface area contributed by atoms with Crippen molar-refractivity contribution in [1.82, 2.24) is 9.84 Å². The lowest BCUT2D eigenvalue weighted by Crippen LogP contribution is -2.36. The smallest absolute Gasteiger partial charge is 0.284 e. The fourth-order valence-electron chi connectivity index (χ4n) is 0.276. The van der Waals surface area contributed by atoms with E-state index in [4.69, 9.17) is 0 Å². The lowest BCUT2D eigenvalue weighted by molar-refractivity contribution is 0.366. The molecule has 0 saturated heterocycles. The molecule has 0 saturated carbocycles. The third-order valence-electron chi connectivity index (χ3n) is 0.436. The second-order valence-electron chi connectivity index (χ2n) is 1.63. The molecule has 0 aromatic heterocycles. The highest BCUT2D eigenvalue weighted by molar-refractivity contribution is 8.02. The van der Waals surface area contributed by atoms with Crippen LogP contribution in [0.15, 0.2) is 0 Å². The van der Waals surface area contributed by atoms with Crippen molar-refractivity contribution in [2.24, 2.45) is 0 Å². The van der Waals surface area contributed by atoms with Crippen molar-refractivity contribution in [2.45, 2.75) is 0 Å². The van der Waals surface area contributed by atoms with Gasteiger partial charge >= 0.3 is 0 Å². The summed E-state index contributed by atoms with van der Waals surface area (Å²) < 4.78 is 20.6. The number of hydrazine groups is 1. The normalized spacial score (nSPS) is 11.9. The third-order valence-corrected chi connectivity index (χ3v) is 1.31. The van der Waals surface area contributed by atoms with Gasteiger partial charge in [-0.2, -0.15) is 0 Å². The Balaban J connectivity index is 4.05. The molecule has 0 rings (SSSR count). The minimum absolute atomic E-state index is 0.146. The molecule has 0 radical (unpaired) electrons. The Labute approximate surface area is 53.7 Å². The van der Waals surface area contributed by atoms with Gasteiger partial charge in [-0.25, -0.2) is 13.4 Å². The van der Waals surface area contributed by atoms with Crippen LogP contribution in [0, 0.1) is 0 Å². The van der Waals surface area contributed by atoms with Gasteiger partial charge < -0.3 is 0 Å². The Hall–Kier alpha value is -0.460. The van der Waals surface area contributed by atoms with E-state index in [1.807, 2.05) is 4.83 Å². The number of hydrogen-bond donors (Lipinski definition) is 1. The molecule has 0 amide bonds. The van der Waals surface area contributed by atoms with Crippen molar-refractivity contribution >= 4 is 15.6 Å². The first-order valence-corrected chi connectivity index (χ1v) is 3.67. The van der Waals surface area contributed by atoms with Gasteiger partial charge in [0.1, 0.15) is 0 Å². The van der Waals surface area contributed by atoms with Gasteiger partial charge in [0.25, 0.3) is 10.0 Å². The maximum atomic E-state index is 10.3. The molecule has 0 atom stereocenters. The molecule has 5 nitrogen and oxygen atoms in total. The van der Waals surface area contributed by atoms with Gasteiger partial charge in [-0.15, -0.1) is 4.83 Å².